The molecule has 0 bridgehead atoms. The molecule has 2 N–H and O–H groups in total. The Morgan fingerprint density at radius 1 is 1.39 bits per heavy atom. The Hall–Kier alpha value is -1.15. The summed E-state index contributed by atoms with van der Waals surface area (Å²) in [5.74, 6) is 1.50. The van der Waals surface area contributed by atoms with E-state index in [1.54, 1.807) is 0 Å². The molecule has 1 aromatic rings. The molecule has 2 saturated heterocycles. The number of nitrogens with zero attached hydrogens (tertiary/aromatic N) is 2. The van der Waals surface area contributed by atoms with Crippen molar-refractivity contribution >= 4 is 17.3 Å². The summed E-state index contributed by atoms with van der Waals surface area (Å²) in [6, 6.07) is 4.79. The van der Waals surface area contributed by atoms with Gasteiger partial charge in [0.2, 0.25) is 0 Å². The van der Waals surface area contributed by atoms with Crippen LogP contribution < -0.4 is 10.6 Å². The lowest BCUT2D eigenvalue weighted by atomic mass is 10.1. The maximum absolute atomic E-state index is 5.79. The first-order valence-corrected chi connectivity index (χ1v) is 11.7. The van der Waals surface area contributed by atoms with Crippen LogP contribution in [0, 0.1) is 5.92 Å². The van der Waals surface area contributed by atoms with Crippen LogP contribution in [0.15, 0.2) is 22.5 Å². The predicted octanol–water partition coefficient (Wildman–Crippen LogP) is 2.88. The molecule has 3 heterocycles. The average molecular weight is 409 g/mol. The average Bonchev–Trinajstić information content (AvgIpc) is 3.48. The summed E-state index contributed by atoms with van der Waals surface area (Å²) in [5, 5.41) is 9.01. The third-order valence-corrected chi connectivity index (χ3v) is 6.33. The van der Waals surface area contributed by atoms with Crippen molar-refractivity contribution in [2.75, 3.05) is 59.2 Å². The van der Waals surface area contributed by atoms with Crippen LogP contribution in [0.5, 0.6) is 0 Å². The lowest BCUT2D eigenvalue weighted by Crippen LogP contribution is -2.39. The summed E-state index contributed by atoms with van der Waals surface area (Å²) in [5.41, 5.74) is 0. The lowest BCUT2D eigenvalue weighted by Gasteiger charge is -2.25. The van der Waals surface area contributed by atoms with Gasteiger partial charge in [-0.1, -0.05) is 6.07 Å². The van der Waals surface area contributed by atoms with Gasteiger partial charge >= 0.3 is 0 Å². The van der Waals surface area contributed by atoms with Crippen LogP contribution >= 0.6 is 11.3 Å². The Morgan fingerprint density at radius 3 is 3.00 bits per heavy atom. The van der Waals surface area contributed by atoms with Crippen molar-refractivity contribution in [1.29, 1.82) is 0 Å². The Labute approximate surface area is 173 Å². The molecule has 0 spiro atoms. The van der Waals surface area contributed by atoms with Gasteiger partial charge in [-0.2, -0.15) is 0 Å². The molecule has 0 aliphatic carbocycles. The monoisotopic (exact) mass is 408 g/mol. The van der Waals surface area contributed by atoms with Crippen molar-refractivity contribution < 1.29 is 9.47 Å². The molecule has 0 radical (unpaired) electrons. The number of nitrogens with one attached hydrogen (secondary N) is 2. The van der Waals surface area contributed by atoms with Gasteiger partial charge in [0.05, 0.1) is 25.8 Å². The maximum atomic E-state index is 5.79. The minimum atomic E-state index is 0.398. The van der Waals surface area contributed by atoms with E-state index in [4.69, 9.17) is 14.5 Å². The van der Waals surface area contributed by atoms with Crippen molar-refractivity contribution in [3.63, 3.8) is 0 Å². The zero-order valence-corrected chi connectivity index (χ0v) is 18.0. The number of hydrogen-bond acceptors (Lipinski definition) is 5. The van der Waals surface area contributed by atoms with Gasteiger partial charge in [0, 0.05) is 37.1 Å². The van der Waals surface area contributed by atoms with Gasteiger partial charge in [-0.05, 0) is 57.1 Å². The second kappa shape index (κ2) is 12.4. The molecule has 2 fully saturated rings. The molecule has 7 heteroatoms. The fourth-order valence-electron chi connectivity index (χ4n) is 3.78. The van der Waals surface area contributed by atoms with Gasteiger partial charge in [0.25, 0.3) is 0 Å². The van der Waals surface area contributed by atoms with Crippen molar-refractivity contribution in [3.05, 3.63) is 22.4 Å². The number of thiophene rings is 1. The van der Waals surface area contributed by atoms with E-state index in [-0.39, 0.29) is 0 Å². The Balaban J connectivity index is 1.41. The van der Waals surface area contributed by atoms with Gasteiger partial charge in [0.15, 0.2) is 5.96 Å². The molecule has 158 valence electrons. The highest BCUT2D eigenvalue weighted by Crippen LogP contribution is 2.28. The van der Waals surface area contributed by atoms with E-state index in [9.17, 15) is 0 Å². The Bertz CT molecular complexity index is 555. The van der Waals surface area contributed by atoms with Crippen LogP contribution in [-0.2, 0) is 9.47 Å². The fourth-order valence-corrected chi connectivity index (χ4v) is 4.64. The minimum Gasteiger partial charge on any atom is -0.381 e. The van der Waals surface area contributed by atoms with Crippen LogP contribution in [0.3, 0.4) is 0 Å². The van der Waals surface area contributed by atoms with E-state index in [0.29, 0.717) is 12.0 Å². The normalized spacial score (nSPS) is 21.9. The molecule has 3 rings (SSSR count). The number of hydrogen-bond donors (Lipinski definition) is 2. The first-order chi connectivity index (χ1) is 13.9. The molecule has 2 atom stereocenters. The van der Waals surface area contributed by atoms with E-state index >= 15 is 0 Å². The number of likely N-dealkylation sites (tertiary alicyclic amines) is 1. The number of guanidine groups is 1. The van der Waals surface area contributed by atoms with Gasteiger partial charge in [-0.15, -0.1) is 11.3 Å². The summed E-state index contributed by atoms with van der Waals surface area (Å²) in [6.45, 7) is 10.4. The first-order valence-electron chi connectivity index (χ1n) is 10.8. The van der Waals surface area contributed by atoms with Crippen molar-refractivity contribution in [1.82, 2.24) is 15.5 Å². The molecular formula is C21H36N4O2S. The highest BCUT2D eigenvalue weighted by Gasteiger charge is 2.24. The van der Waals surface area contributed by atoms with Gasteiger partial charge in [-0.3, -0.25) is 9.89 Å². The Morgan fingerprint density at radius 2 is 2.29 bits per heavy atom. The van der Waals surface area contributed by atoms with Crippen LogP contribution in [-0.4, -0.2) is 70.0 Å². The molecule has 0 aromatic carbocycles. The molecule has 6 nitrogen and oxygen atoms in total. The third kappa shape index (κ3) is 7.03. The highest BCUT2D eigenvalue weighted by molar-refractivity contribution is 7.10. The Kier molecular flexibility index (Phi) is 9.56. The molecular weight excluding hydrogens is 372 g/mol. The largest absolute Gasteiger partial charge is 0.381 e. The maximum Gasteiger partial charge on any atom is 0.191 e. The molecule has 2 unspecified atom stereocenters. The summed E-state index contributed by atoms with van der Waals surface area (Å²) in [7, 11) is 0. The van der Waals surface area contributed by atoms with E-state index in [0.717, 1.165) is 64.9 Å². The standard InChI is InChI=1S/C21H36N4O2S/c1-2-22-21(23-9-6-12-26-16-18-8-13-27-17-18)24-15-19(20-7-5-14-28-20)25-10-3-4-11-25/h5,7,14,18-19H,2-4,6,8-13,15-17H2,1H3,(H2,22,23,24). The van der Waals surface area contributed by atoms with E-state index in [1.807, 2.05) is 11.3 Å². The van der Waals surface area contributed by atoms with E-state index < -0.39 is 0 Å². The number of ether oxygens (including phenoxy) is 2. The van der Waals surface area contributed by atoms with Crippen LogP contribution in [0.25, 0.3) is 0 Å². The third-order valence-electron chi connectivity index (χ3n) is 5.36. The topological polar surface area (TPSA) is 58.1 Å². The summed E-state index contributed by atoms with van der Waals surface area (Å²) >= 11 is 1.84. The summed E-state index contributed by atoms with van der Waals surface area (Å²) < 4.78 is 11.2. The molecule has 2 aliphatic heterocycles. The molecule has 1 aromatic heterocycles. The molecule has 0 amide bonds. The van der Waals surface area contributed by atoms with Gasteiger partial charge < -0.3 is 20.1 Å². The first kappa shape index (κ1) is 21.6. The van der Waals surface area contributed by atoms with Crippen molar-refractivity contribution in [3.8, 4) is 0 Å². The zero-order valence-electron chi connectivity index (χ0n) is 17.2. The quantitative estimate of drug-likeness (QED) is 0.335. The fraction of sp³-hybridized carbons (Fsp3) is 0.762. The second-order valence-corrected chi connectivity index (χ2v) is 8.56. The minimum absolute atomic E-state index is 0.398. The van der Waals surface area contributed by atoms with E-state index in [2.05, 4.69) is 40.0 Å². The van der Waals surface area contributed by atoms with Crippen molar-refractivity contribution in [2.24, 2.45) is 10.9 Å². The predicted molar refractivity (Wildman–Crippen MR) is 116 cm³/mol. The van der Waals surface area contributed by atoms with Crippen LogP contribution in [0.2, 0.25) is 0 Å². The molecule has 28 heavy (non-hydrogen) atoms. The smallest absolute Gasteiger partial charge is 0.191 e. The summed E-state index contributed by atoms with van der Waals surface area (Å²) in [4.78, 5) is 8.90. The highest BCUT2D eigenvalue weighted by atomic mass is 32.1. The lowest BCUT2D eigenvalue weighted by molar-refractivity contribution is 0.0888. The molecule has 2 aliphatic rings. The van der Waals surface area contributed by atoms with Crippen LogP contribution in [0.1, 0.15) is 43.5 Å². The van der Waals surface area contributed by atoms with E-state index in [1.165, 1.54) is 30.8 Å². The summed E-state index contributed by atoms with van der Waals surface area (Å²) in [6.07, 6.45) is 4.73. The number of aliphatic imine (C=N–C) groups is 1. The number of rotatable bonds is 11. The zero-order chi connectivity index (χ0) is 19.4. The van der Waals surface area contributed by atoms with Gasteiger partial charge in [0.1, 0.15) is 0 Å². The SMILES string of the molecule is CCNC(=NCC(c1cccs1)N1CCCC1)NCCCOCC1CCOC1. The van der Waals surface area contributed by atoms with Gasteiger partial charge in [-0.25, -0.2) is 0 Å². The molecule has 0 saturated carbocycles. The van der Waals surface area contributed by atoms with Crippen LogP contribution in [0.4, 0.5) is 0 Å². The van der Waals surface area contributed by atoms with Crippen molar-refractivity contribution in [2.45, 2.75) is 38.6 Å². The second-order valence-electron chi connectivity index (χ2n) is 7.58.